The van der Waals surface area contributed by atoms with E-state index in [1.54, 1.807) is 7.11 Å². The molecule has 84 valence electrons. The zero-order valence-electron chi connectivity index (χ0n) is 9.44. The van der Waals surface area contributed by atoms with Crippen molar-refractivity contribution in [1.82, 2.24) is 9.78 Å². The average molecular weight is 209 g/mol. The molecule has 0 bridgehead atoms. The molecule has 0 aromatic carbocycles. The van der Waals surface area contributed by atoms with E-state index in [-0.39, 0.29) is 0 Å². The number of aromatic nitrogens is 2. The van der Waals surface area contributed by atoms with Crippen molar-refractivity contribution in [3.63, 3.8) is 0 Å². The number of hydrogen-bond donors (Lipinski definition) is 1. The van der Waals surface area contributed by atoms with Gasteiger partial charge in [-0.1, -0.05) is 0 Å². The van der Waals surface area contributed by atoms with Gasteiger partial charge in [-0.2, -0.15) is 5.10 Å². The fourth-order valence-corrected chi connectivity index (χ4v) is 2.37. The third kappa shape index (κ3) is 1.63. The molecule has 15 heavy (non-hydrogen) atoms. The molecule has 4 nitrogen and oxygen atoms in total. The van der Waals surface area contributed by atoms with E-state index in [1.165, 1.54) is 18.5 Å². The van der Waals surface area contributed by atoms with Crippen LogP contribution >= 0.6 is 0 Å². The molecular formula is C11H19N3O. The Morgan fingerprint density at radius 3 is 2.87 bits per heavy atom. The molecule has 2 N–H and O–H groups in total. The standard InChI is InChI=1S/C11H19N3O/c1-3-14-11(10(15-2)7-13-14)9-5-4-8(9)6-12/h7-9H,3-6,12H2,1-2H3. The molecule has 1 aliphatic carbocycles. The summed E-state index contributed by atoms with van der Waals surface area (Å²) in [6.45, 7) is 3.77. The molecule has 1 saturated carbocycles. The maximum atomic E-state index is 5.74. The van der Waals surface area contributed by atoms with Crippen LogP contribution in [0.4, 0.5) is 0 Å². The van der Waals surface area contributed by atoms with Crippen molar-refractivity contribution >= 4 is 0 Å². The number of methoxy groups -OCH3 is 1. The van der Waals surface area contributed by atoms with Crippen molar-refractivity contribution in [2.24, 2.45) is 11.7 Å². The summed E-state index contributed by atoms with van der Waals surface area (Å²) in [4.78, 5) is 0. The van der Waals surface area contributed by atoms with Crippen LogP contribution in [-0.2, 0) is 6.54 Å². The van der Waals surface area contributed by atoms with Gasteiger partial charge in [0.25, 0.3) is 0 Å². The van der Waals surface area contributed by atoms with Crippen molar-refractivity contribution < 1.29 is 4.74 Å². The SMILES string of the molecule is CCn1ncc(OC)c1C1CCC1CN. The van der Waals surface area contributed by atoms with Gasteiger partial charge in [-0.3, -0.25) is 4.68 Å². The van der Waals surface area contributed by atoms with E-state index < -0.39 is 0 Å². The van der Waals surface area contributed by atoms with Crippen molar-refractivity contribution in [3.8, 4) is 5.75 Å². The largest absolute Gasteiger partial charge is 0.493 e. The van der Waals surface area contributed by atoms with Gasteiger partial charge in [-0.15, -0.1) is 0 Å². The van der Waals surface area contributed by atoms with Crippen LogP contribution in [0.1, 0.15) is 31.4 Å². The predicted octanol–water partition coefficient (Wildman–Crippen LogP) is 1.36. The monoisotopic (exact) mass is 209 g/mol. The van der Waals surface area contributed by atoms with E-state index in [0.29, 0.717) is 11.8 Å². The fraction of sp³-hybridized carbons (Fsp3) is 0.727. The summed E-state index contributed by atoms with van der Waals surface area (Å²) < 4.78 is 7.39. The van der Waals surface area contributed by atoms with Crippen LogP contribution in [0, 0.1) is 5.92 Å². The summed E-state index contributed by atoms with van der Waals surface area (Å²) in [5.74, 6) is 2.08. The summed E-state index contributed by atoms with van der Waals surface area (Å²) >= 11 is 0. The Morgan fingerprint density at radius 1 is 1.60 bits per heavy atom. The van der Waals surface area contributed by atoms with Crippen LogP contribution < -0.4 is 10.5 Å². The summed E-state index contributed by atoms with van der Waals surface area (Å²) in [7, 11) is 1.70. The molecule has 2 rings (SSSR count). The molecule has 2 unspecified atom stereocenters. The molecule has 0 aliphatic heterocycles. The molecular weight excluding hydrogens is 190 g/mol. The third-order valence-electron chi connectivity index (χ3n) is 3.44. The lowest BCUT2D eigenvalue weighted by Crippen LogP contribution is -2.32. The van der Waals surface area contributed by atoms with Gasteiger partial charge in [-0.25, -0.2) is 0 Å². The molecule has 1 aromatic heterocycles. The second kappa shape index (κ2) is 4.23. The summed E-state index contributed by atoms with van der Waals surface area (Å²) in [5.41, 5.74) is 6.98. The van der Waals surface area contributed by atoms with Crippen LogP contribution in [0.5, 0.6) is 5.75 Å². The van der Waals surface area contributed by atoms with Crippen LogP contribution in [0.25, 0.3) is 0 Å². The number of rotatable bonds is 4. The van der Waals surface area contributed by atoms with Gasteiger partial charge in [0.2, 0.25) is 0 Å². The third-order valence-corrected chi connectivity index (χ3v) is 3.44. The maximum absolute atomic E-state index is 5.74. The normalized spacial score (nSPS) is 25.0. The number of ether oxygens (including phenoxy) is 1. The lowest BCUT2D eigenvalue weighted by atomic mass is 9.71. The second-order valence-electron chi connectivity index (χ2n) is 4.09. The minimum atomic E-state index is 0.549. The van der Waals surface area contributed by atoms with Gasteiger partial charge in [0.1, 0.15) is 0 Å². The summed E-state index contributed by atoms with van der Waals surface area (Å²) in [6, 6.07) is 0. The van der Waals surface area contributed by atoms with Gasteiger partial charge < -0.3 is 10.5 Å². The van der Waals surface area contributed by atoms with Gasteiger partial charge >= 0.3 is 0 Å². The zero-order valence-corrected chi connectivity index (χ0v) is 9.44. The first-order valence-corrected chi connectivity index (χ1v) is 5.61. The number of nitrogens with two attached hydrogens (primary N) is 1. The van der Waals surface area contributed by atoms with Crippen molar-refractivity contribution in [2.75, 3.05) is 13.7 Å². The van der Waals surface area contributed by atoms with Crippen LogP contribution in [-0.4, -0.2) is 23.4 Å². The molecule has 4 heteroatoms. The minimum absolute atomic E-state index is 0.549. The van der Waals surface area contributed by atoms with Crippen LogP contribution in [0.2, 0.25) is 0 Å². The van der Waals surface area contributed by atoms with Gasteiger partial charge in [-0.05, 0) is 32.2 Å². The van der Waals surface area contributed by atoms with Gasteiger partial charge in [0.05, 0.1) is 19.0 Å². The van der Waals surface area contributed by atoms with Crippen molar-refractivity contribution in [2.45, 2.75) is 32.2 Å². The Morgan fingerprint density at radius 2 is 2.40 bits per heavy atom. The molecule has 1 fully saturated rings. The Labute approximate surface area is 90.4 Å². The first-order chi connectivity index (χ1) is 7.31. The lowest BCUT2D eigenvalue weighted by Gasteiger charge is -2.36. The first-order valence-electron chi connectivity index (χ1n) is 5.61. The van der Waals surface area contributed by atoms with E-state index >= 15 is 0 Å². The zero-order chi connectivity index (χ0) is 10.8. The Bertz CT molecular complexity index is 311. The highest BCUT2D eigenvalue weighted by Gasteiger charge is 2.35. The van der Waals surface area contributed by atoms with E-state index in [4.69, 9.17) is 10.5 Å². The van der Waals surface area contributed by atoms with Gasteiger partial charge in [0.15, 0.2) is 5.75 Å². The van der Waals surface area contributed by atoms with E-state index in [9.17, 15) is 0 Å². The Hall–Kier alpha value is -1.03. The molecule has 0 spiro atoms. The molecule has 2 atom stereocenters. The van der Waals surface area contributed by atoms with Crippen LogP contribution in [0.3, 0.4) is 0 Å². The number of aryl methyl sites for hydroxylation is 1. The maximum Gasteiger partial charge on any atom is 0.160 e. The Kier molecular flexibility index (Phi) is 2.95. The molecule has 0 amide bonds. The van der Waals surface area contributed by atoms with E-state index in [2.05, 4.69) is 12.0 Å². The number of nitrogens with zero attached hydrogens (tertiary/aromatic N) is 2. The molecule has 0 saturated heterocycles. The second-order valence-corrected chi connectivity index (χ2v) is 4.09. The topological polar surface area (TPSA) is 53.1 Å². The first kappa shape index (κ1) is 10.5. The van der Waals surface area contributed by atoms with E-state index in [0.717, 1.165) is 18.8 Å². The molecule has 1 aromatic rings. The quantitative estimate of drug-likeness (QED) is 0.814. The average Bonchev–Trinajstić information content (AvgIpc) is 2.60. The number of hydrogen-bond acceptors (Lipinski definition) is 3. The summed E-state index contributed by atoms with van der Waals surface area (Å²) in [6.07, 6.45) is 4.26. The minimum Gasteiger partial charge on any atom is -0.493 e. The Balaban J connectivity index is 2.28. The molecule has 0 radical (unpaired) electrons. The van der Waals surface area contributed by atoms with Crippen molar-refractivity contribution in [1.29, 1.82) is 0 Å². The highest BCUT2D eigenvalue weighted by molar-refractivity contribution is 5.31. The highest BCUT2D eigenvalue weighted by atomic mass is 16.5. The highest BCUT2D eigenvalue weighted by Crippen LogP contribution is 2.44. The smallest absolute Gasteiger partial charge is 0.160 e. The van der Waals surface area contributed by atoms with E-state index in [1.807, 2.05) is 10.9 Å². The van der Waals surface area contributed by atoms with Crippen LogP contribution in [0.15, 0.2) is 6.20 Å². The fourth-order valence-electron chi connectivity index (χ4n) is 2.37. The van der Waals surface area contributed by atoms with Gasteiger partial charge in [0, 0.05) is 12.5 Å². The van der Waals surface area contributed by atoms with Crippen molar-refractivity contribution in [3.05, 3.63) is 11.9 Å². The molecule has 1 aliphatic rings. The molecule has 1 heterocycles. The summed E-state index contributed by atoms with van der Waals surface area (Å²) in [5, 5.41) is 4.33. The lowest BCUT2D eigenvalue weighted by molar-refractivity contribution is 0.243. The predicted molar refractivity (Wildman–Crippen MR) is 59.0 cm³/mol.